The van der Waals surface area contributed by atoms with Gasteiger partial charge in [0.05, 0.1) is 36.6 Å². The maximum Gasteiger partial charge on any atom is 0.482 e. The SMILES string of the molecule is COc1c(CC(NC(=O)C(N)c2ccc(OCc3ccccc3)cn2)B2OC3C[C@@H]4C[C@@H](C4(C)C)[C@]3(C)O2)cccc1C(=O)OC(C)(C)C.Cl. The monoisotopic (exact) mass is 705 g/mol. The summed E-state index contributed by atoms with van der Waals surface area (Å²) in [6, 6.07) is 17.5. The van der Waals surface area contributed by atoms with E-state index in [2.05, 4.69) is 31.1 Å². The fraction of sp³-hybridized carbons (Fsp3) is 0.500. The number of nitrogens with two attached hydrogens (primary N) is 1. The molecule has 1 aliphatic heterocycles. The highest BCUT2D eigenvalue weighted by Gasteiger charge is 2.68. The average Bonchev–Trinajstić information content (AvgIpc) is 3.43. The summed E-state index contributed by atoms with van der Waals surface area (Å²) in [4.78, 5) is 31.4. The molecule has 3 aromatic rings. The maximum atomic E-state index is 13.8. The largest absolute Gasteiger partial charge is 0.496 e. The summed E-state index contributed by atoms with van der Waals surface area (Å²) < 4.78 is 30.8. The van der Waals surface area contributed by atoms with E-state index in [1.54, 1.807) is 30.5 Å². The van der Waals surface area contributed by atoms with Crippen molar-refractivity contribution in [2.24, 2.45) is 23.0 Å². The second-order valence-corrected chi connectivity index (χ2v) is 15.3. The summed E-state index contributed by atoms with van der Waals surface area (Å²) in [6.07, 6.45) is 3.72. The van der Waals surface area contributed by atoms with Crippen molar-refractivity contribution in [3.63, 3.8) is 0 Å². The molecule has 3 N–H and O–H groups in total. The Hall–Kier alpha value is -3.64. The van der Waals surface area contributed by atoms with Gasteiger partial charge in [-0.15, -0.1) is 12.4 Å². The van der Waals surface area contributed by atoms with Crippen LogP contribution in [0.3, 0.4) is 0 Å². The Labute approximate surface area is 301 Å². The van der Waals surface area contributed by atoms with Crippen molar-refractivity contribution in [2.75, 3.05) is 7.11 Å². The molecule has 0 spiro atoms. The zero-order valence-electron chi connectivity index (χ0n) is 29.9. The maximum absolute atomic E-state index is 13.8. The van der Waals surface area contributed by atoms with Gasteiger partial charge in [0.25, 0.3) is 0 Å². The molecule has 3 saturated carbocycles. The number of hydrogen-bond donors (Lipinski definition) is 2. The molecule has 4 fully saturated rings. The van der Waals surface area contributed by atoms with E-state index < -0.39 is 42.2 Å². The van der Waals surface area contributed by atoms with Crippen LogP contribution in [0.15, 0.2) is 66.9 Å². The summed E-state index contributed by atoms with van der Waals surface area (Å²) in [5, 5.41) is 3.12. The van der Waals surface area contributed by atoms with Gasteiger partial charge in [0.2, 0.25) is 5.91 Å². The number of hydrogen-bond acceptors (Lipinski definition) is 9. The molecule has 10 nitrogen and oxygen atoms in total. The first kappa shape index (κ1) is 37.6. The Kier molecular flexibility index (Phi) is 10.9. The van der Waals surface area contributed by atoms with Crippen LogP contribution >= 0.6 is 12.4 Å². The van der Waals surface area contributed by atoms with E-state index in [9.17, 15) is 9.59 Å². The summed E-state index contributed by atoms with van der Waals surface area (Å²) in [7, 11) is 0.765. The molecular formula is C38H49BClN3O7. The Morgan fingerprint density at radius 3 is 2.44 bits per heavy atom. The topological polar surface area (TPSA) is 131 Å². The second-order valence-electron chi connectivity index (χ2n) is 15.3. The predicted molar refractivity (Wildman–Crippen MR) is 193 cm³/mol. The Balaban J connectivity index is 0.00000486. The van der Waals surface area contributed by atoms with E-state index in [4.69, 9.17) is 29.3 Å². The van der Waals surface area contributed by atoms with Gasteiger partial charge in [-0.3, -0.25) is 9.78 Å². The van der Waals surface area contributed by atoms with Gasteiger partial charge in [0.15, 0.2) is 0 Å². The highest BCUT2D eigenvalue weighted by Crippen LogP contribution is 2.65. The molecule has 50 heavy (non-hydrogen) atoms. The number of benzene rings is 2. The molecule has 2 aromatic carbocycles. The molecule has 1 aromatic heterocycles. The normalized spacial score (nSPS) is 24.5. The summed E-state index contributed by atoms with van der Waals surface area (Å²) in [6.45, 7) is 12.6. The highest BCUT2D eigenvalue weighted by atomic mass is 35.5. The molecule has 3 unspecified atom stereocenters. The minimum atomic E-state index is -1.06. The zero-order valence-corrected chi connectivity index (χ0v) is 30.8. The van der Waals surface area contributed by atoms with Crippen molar-refractivity contribution in [1.82, 2.24) is 10.3 Å². The van der Waals surface area contributed by atoms with Crippen LogP contribution in [0.5, 0.6) is 11.5 Å². The van der Waals surface area contributed by atoms with Crippen molar-refractivity contribution < 1.29 is 33.1 Å². The Morgan fingerprint density at radius 2 is 1.80 bits per heavy atom. The molecule has 6 atom stereocenters. The first-order chi connectivity index (χ1) is 23.2. The van der Waals surface area contributed by atoms with E-state index in [0.717, 1.165) is 18.4 Å². The Morgan fingerprint density at radius 1 is 1.06 bits per heavy atom. The highest BCUT2D eigenvalue weighted by molar-refractivity contribution is 6.48. The number of methoxy groups -OCH3 is 1. The van der Waals surface area contributed by atoms with Gasteiger partial charge < -0.3 is 34.6 Å². The van der Waals surface area contributed by atoms with Crippen LogP contribution in [0, 0.1) is 17.3 Å². The third-order valence-electron chi connectivity index (χ3n) is 10.6. The van der Waals surface area contributed by atoms with Gasteiger partial charge in [0, 0.05) is 0 Å². The molecule has 12 heteroatoms. The van der Waals surface area contributed by atoms with E-state index in [1.165, 1.54) is 7.11 Å². The lowest BCUT2D eigenvalue weighted by atomic mass is 9.43. The number of amides is 1. The Bertz CT molecular complexity index is 1670. The molecule has 0 radical (unpaired) electrons. The number of halogens is 1. The van der Waals surface area contributed by atoms with E-state index in [1.807, 2.05) is 57.2 Å². The van der Waals surface area contributed by atoms with Crippen LogP contribution in [-0.4, -0.2) is 54.3 Å². The molecule has 2 heterocycles. The van der Waals surface area contributed by atoms with Crippen LogP contribution in [0.4, 0.5) is 0 Å². The molecule has 1 saturated heterocycles. The van der Waals surface area contributed by atoms with Gasteiger partial charge >= 0.3 is 13.1 Å². The number of ether oxygens (including phenoxy) is 3. The van der Waals surface area contributed by atoms with Gasteiger partial charge in [-0.1, -0.05) is 56.3 Å². The van der Waals surface area contributed by atoms with Crippen molar-refractivity contribution in [2.45, 2.75) is 96.7 Å². The molecular weight excluding hydrogens is 657 g/mol. The van der Waals surface area contributed by atoms with Crippen molar-refractivity contribution >= 4 is 31.4 Å². The molecule has 1 amide bonds. The standard InChI is InChI=1S/C38H48BN3O7.ClH/c1-36(2,3)47-35(44)27-15-11-14-24(33(27)45-7)18-31(39-48-30-20-25-19-29(37(25,4)5)38(30,6)49-39)42-34(43)32(40)28-17-16-26(21-41-28)46-22-23-12-9-8-10-13-23;/h8-17,21,25,29-32H,18-20,22,40H2,1-7H3,(H,42,43);1H/t25-,29-,30?,31?,32?,38-;/m0./s1. The van der Waals surface area contributed by atoms with Crippen LogP contribution in [0.1, 0.15) is 87.6 Å². The smallest absolute Gasteiger partial charge is 0.482 e. The first-order valence-electron chi connectivity index (χ1n) is 17.1. The lowest BCUT2D eigenvalue weighted by molar-refractivity contribution is -0.199. The zero-order chi connectivity index (χ0) is 35.1. The number of nitrogens with zero attached hydrogens (tertiary/aromatic N) is 1. The van der Waals surface area contributed by atoms with Gasteiger partial charge in [-0.2, -0.15) is 0 Å². The third-order valence-corrected chi connectivity index (χ3v) is 10.6. The van der Waals surface area contributed by atoms with Crippen molar-refractivity contribution in [1.29, 1.82) is 0 Å². The van der Waals surface area contributed by atoms with Gasteiger partial charge in [-0.05, 0) is 93.5 Å². The number of nitrogens with one attached hydrogen (secondary N) is 1. The van der Waals surface area contributed by atoms with Crippen LogP contribution in [0.25, 0.3) is 0 Å². The number of carbonyl (C=O) groups is 2. The number of para-hydroxylation sites is 1. The van der Waals surface area contributed by atoms with E-state index in [-0.39, 0.29) is 30.3 Å². The quantitative estimate of drug-likeness (QED) is 0.181. The number of aromatic nitrogens is 1. The summed E-state index contributed by atoms with van der Waals surface area (Å²) in [5.41, 5.74) is 7.89. The number of rotatable bonds is 11. The lowest BCUT2D eigenvalue weighted by Gasteiger charge is -2.64. The fourth-order valence-electron chi connectivity index (χ4n) is 7.81. The average molecular weight is 706 g/mol. The number of carbonyl (C=O) groups excluding carboxylic acids is 2. The summed E-state index contributed by atoms with van der Waals surface area (Å²) in [5.74, 6) is 0.259. The van der Waals surface area contributed by atoms with Crippen LogP contribution in [0.2, 0.25) is 0 Å². The third kappa shape index (κ3) is 7.51. The van der Waals surface area contributed by atoms with E-state index in [0.29, 0.717) is 46.8 Å². The van der Waals surface area contributed by atoms with Crippen LogP contribution < -0.4 is 20.5 Å². The molecule has 7 rings (SSSR count). The van der Waals surface area contributed by atoms with Crippen LogP contribution in [-0.2, 0) is 31.9 Å². The van der Waals surface area contributed by atoms with Gasteiger partial charge in [0.1, 0.15) is 35.3 Å². The molecule has 2 bridgehead atoms. The fourth-order valence-corrected chi connectivity index (χ4v) is 7.81. The number of pyridine rings is 1. The van der Waals surface area contributed by atoms with Gasteiger partial charge in [-0.25, -0.2) is 4.79 Å². The van der Waals surface area contributed by atoms with Crippen molar-refractivity contribution in [3.8, 4) is 11.5 Å². The predicted octanol–water partition coefficient (Wildman–Crippen LogP) is 6.04. The van der Waals surface area contributed by atoms with E-state index >= 15 is 0 Å². The van der Waals surface area contributed by atoms with Crippen molar-refractivity contribution in [3.05, 3.63) is 89.2 Å². The minimum absolute atomic E-state index is 0. The molecule has 4 aliphatic rings. The molecule has 3 aliphatic carbocycles. The summed E-state index contributed by atoms with van der Waals surface area (Å²) >= 11 is 0. The second kappa shape index (κ2) is 14.5. The lowest BCUT2D eigenvalue weighted by Crippen LogP contribution is -2.65. The molecule has 268 valence electrons. The number of esters is 1. The first-order valence-corrected chi connectivity index (χ1v) is 17.1. The minimum Gasteiger partial charge on any atom is -0.496 e.